The Kier molecular flexibility index (Phi) is 4.02. The predicted octanol–water partition coefficient (Wildman–Crippen LogP) is 3.50. The van der Waals surface area contributed by atoms with Gasteiger partial charge in [0.15, 0.2) is 0 Å². The summed E-state index contributed by atoms with van der Waals surface area (Å²) in [7, 11) is 0. The van der Waals surface area contributed by atoms with Crippen LogP contribution in [0, 0.1) is 12.7 Å². The Balaban J connectivity index is 1.54. The van der Waals surface area contributed by atoms with Crippen molar-refractivity contribution in [3.8, 4) is 5.69 Å². The lowest BCUT2D eigenvalue weighted by molar-refractivity contribution is 0.0685. The van der Waals surface area contributed by atoms with Gasteiger partial charge in [0.25, 0.3) is 5.91 Å². The minimum Gasteiger partial charge on any atom is -0.331 e. The Morgan fingerprint density at radius 3 is 2.81 bits per heavy atom. The molecule has 4 heterocycles. The number of nitrogens with zero attached hydrogens (tertiary/aromatic N) is 3. The lowest BCUT2D eigenvalue weighted by Gasteiger charge is -2.27. The van der Waals surface area contributed by atoms with E-state index < -0.39 is 0 Å². The minimum absolute atomic E-state index is 0.137. The Bertz CT molecular complexity index is 995. The molecule has 1 aromatic carbocycles. The number of aromatic nitrogens is 2. The Labute approximate surface area is 160 Å². The maximum absolute atomic E-state index is 13.3. The van der Waals surface area contributed by atoms with Gasteiger partial charge in [-0.25, -0.2) is 9.07 Å². The van der Waals surface area contributed by atoms with Gasteiger partial charge < -0.3 is 10.2 Å². The van der Waals surface area contributed by atoms with Crippen LogP contribution in [0.1, 0.15) is 34.6 Å². The zero-order chi connectivity index (χ0) is 18.5. The first kappa shape index (κ1) is 16.9. The van der Waals surface area contributed by atoms with Gasteiger partial charge >= 0.3 is 0 Å². The number of carbonyl (C=O) groups excluding carboxylic acids is 1. The predicted molar refractivity (Wildman–Crippen MR) is 104 cm³/mol. The van der Waals surface area contributed by atoms with Gasteiger partial charge in [0.1, 0.15) is 10.6 Å². The lowest BCUT2D eigenvalue weighted by Crippen LogP contribution is -2.42. The van der Waals surface area contributed by atoms with Gasteiger partial charge in [-0.15, -0.1) is 11.3 Å². The number of amides is 1. The fraction of sp³-hybridized carbons (Fsp3) is 0.400. The molecule has 2 bridgehead atoms. The SMILES string of the molecule is Cc1nn(-c2ccc(F)cc2)c2sc(C(=O)N3C4CCNCC3CC4)cc12. The minimum atomic E-state index is -0.272. The monoisotopic (exact) mass is 384 g/mol. The zero-order valence-electron chi connectivity index (χ0n) is 15.1. The van der Waals surface area contributed by atoms with Gasteiger partial charge in [0.2, 0.25) is 0 Å². The molecule has 0 aliphatic carbocycles. The molecule has 0 spiro atoms. The molecule has 5 rings (SSSR count). The van der Waals surface area contributed by atoms with Gasteiger partial charge in [-0.05, 0) is 63.1 Å². The average molecular weight is 384 g/mol. The lowest BCUT2D eigenvalue weighted by atomic mass is 10.1. The maximum Gasteiger partial charge on any atom is 0.264 e. The highest BCUT2D eigenvalue weighted by Gasteiger charge is 2.39. The molecular formula is C20H21FN4OS. The van der Waals surface area contributed by atoms with Gasteiger partial charge in [-0.3, -0.25) is 4.79 Å². The summed E-state index contributed by atoms with van der Waals surface area (Å²) in [6.45, 7) is 3.81. The number of benzene rings is 1. The molecule has 1 amide bonds. The van der Waals surface area contributed by atoms with Crippen molar-refractivity contribution in [1.29, 1.82) is 0 Å². The van der Waals surface area contributed by atoms with Crippen LogP contribution in [0.3, 0.4) is 0 Å². The summed E-state index contributed by atoms with van der Waals surface area (Å²) in [5, 5.41) is 9.03. The first-order valence-electron chi connectivity index (χ1n) is 9.40. The second-order valence-corrected chi connectivity index (χ2v) is 8.42. The van der Waals surface area contributed by atoms with E-state index in [2.05, 4.69) is 15.3 Å². The van der Waals surface area contributed by atoms with E-state index in [1.165, 1.54) is 23.5 Å². The van der Waals surface area contributed by atoms with Crippen LogP contribution >= 0.6 is 11.3 Å². The van der Waals surface area contributed by atoms with Crippen LogP contribution in [0.4, 0.5) is 4.39 Å². The second-order valence-electron chi connectivity index (χ2n) is 7.39. The molecule has 2 saturated heterocycles. The summed E-state index contributed by atoms with van der Waals surface area (Å²) in [5.41, 5.74) is 1.68. The summed E-state index contributed by atoms with van der Waals surface area (Å²) < 4.78 is 15.1. The number of aryl methyl sites for hydroxylation is 1. The molecule has 2 atom stereocenters. The molecule has 140 valence electrons. The third kappa shape index (κ3) is 2.76. The molecule has 0 saturated carbocycles. The van der Waals surface area contributed by atoms with Crippen LogP contribution in [0.5, 0.6) is 0 Å². The van der Waals surface area contributed by atoms with Crippen LogP contribution in [0.2, 0.25) is 0 Å². The molecule has 2 aromatic heterocycles. The van der Waals surface area contributed by atoms with Crippen molar-refractivity contribution in [1.82, 2.24) is 20.0 Å². The van der Waals surface area contributed by atoms with Crippen molar-refractivity contribution in [2.75, 3.05) is 13.1 Å². The summed E-state index contributed by atoms with van der Waals surface area (Å²) in [6, 6.07) is 8.90. The van der Waals surface area contributed by atoms with E-state index in [4.69, 9.17) is 0 Å². The molecule has 1 N–H and O–H groups in total. The molecule has 3 aromatic rings. The number of rotatable bonds is 2. The van der Waals surface area contributed by atoms with Crippen molar-refractivity contribution < 1.29 is 9.18 Å². The standard InChI is InChI=1S/C20H21FN4OS/c1-12-17-10-18(19(26)24-14-6-7-16(24)11-22-9-8-14)27-20(17)25(23-12)15-4-2-13(21)3-5-15/h2-5,10,14,16,22H,6-9,11H2,1H3. The molecule has 0 radical (unpaired) electrons. The quantitative estimate of drug-likeness (QED) is 0.736. The van der Waals surface area contributed by atoms with E-state index in [9.17, 15) is 9.18 Å². The number of thiophene rings is 1. The number of hydrogen-bond acceptors (Lipinski definition) is 4. The highest BCUT2D eigenvalue weighted by Crippen LogP contribution is 2.35. The summed E-state index contributed by atoms with van der Waals surface area (Å²) in [5.74, 6) is -0.136. The molecule has 2 unspecified atom stereocenters. The van der Waals surface area contributed by atoms with E-state index in [0.29, 0.717) is 12.1 Å². The van der Waals surface area contributed by atoms with Crippen LogP contribution in [0.25, 0.3) is 15.9 Å². The third-order valence-corrected chi connectivity index (χ3v) is 6.81. The third-order valence-electron chi connectivity index (χ3n) is 5.72. The Hall–Kier alpha value is -2.25. The molecule has 5 nitrogen and oxygen atoms in total. The summed E-state index contributed by atoms with van der Waals surface area (Å²) in [4.78, 5) is 17.1. The number of carbonyl (C=O) groups is 1. The van der Waals surface area contributed by atoms with Crippen molar-refractivity contribution in [2.24, 2.45) is 0 Å². The van der Waals surface area contributed by atoms with Crippen molar-refractivity contribution in [3.05, 3.63) is 46.7 Å². The molecule has 7 heteroatoms. The molecular weight excluding hydrogens is 363 g/mol. The van der Waals surface area contributed by atoms with Crippen LogP contribution in [-0.4, -0.2) is 45.8 Å². The normalized spacial score (nSPS) is 22.4. The van der Waals surface area contributed by atoms with Gasteiger partial charge in [0.05, 0.1) is 16.3 Å². The zero-order valence-corrected chi connectivity index (χ0v) is 15.9. The smallest absolute Gasteiger partial charge is 0.264 e. The molecule has 2 aliphatic rings. The topological polar surface area (TPSA) is 50.2 Å². The summed E-state index contributed by atoms with van der Waals surface area (Å²) in [6.07, 6.45) is 3.21. The van der Waals surface area contributed by atoms with Gasteiger partial charge in [-0.2, -0.15) is 5.10 Å². The second kappa shape index (κ2) is 6.42. The van der Waals surface area contributed by atoms with E-state index in [-0.39, 0.29) is 11.7 Å². The number of halogens is 1. The van der Waals surface area contributed by atoms with E-state index in [0.717, 1.165) is 58.8 Å². The van der Waals surface area contributed by atoms with E-state index >= 15 is 0 Å². The number of fused-ring (bicyclic) bond motifs is 3. The first-order chi connectivity index (χ1) is 13.1. The first-order valence-corrected chi connectivity index (χ1v) is 10.2. The van der Waals surface area contributed by atoms with Gasteiger partial charge in [-0.1, -0.05) is 0 Å². The van der Waals surface area contributed by atoms with Crippen LogP contribution < -0.4 is 5.32 Å². The number of hydrogen-bond donors (Lipinski definition) is 1. The maximum atomic E-state index is 13.3. The van der Waals surface area contributed by atoms with Crippen LogP contribution in [0.15, 0.2) is 30.3 Å². The van der Waals surface area contributed by atoms with Crippen molar-refractivity contribution in [3.63, 3.8) is 0 Å². The van der Waals surface area contributed by atoms with Crippen molar-refractivity contribution >= 4 is 27.5 Å². The van der Waals surface area contributed by atoms with Crippen molar-refractivity contribution in [2.45, 2.75) is 38.3 Å². The van der Waals surface area contributed by atoms with Gasteiger partial charge in [0, 0.05) is 24.0 Å². The number of nitrogens with one attached hydrogen (secondary N) is 1. The Morgan fingerprint density at radius 2 is 2.00 bits per heavy atom. The molecule has 2 fully saturated rings. The van der Waals surface area contributed by atoms with E-state index in [1.807, 2.05) is 17.7 Å². The highest BCUT2D eigenvalue weighted by atomic mass is 32.1. The molecule has 2 aliphatic heterocycles. The van der Waals surface area contributed by atoms with Crippen LogP contribution in [-0.2, 0) is 0 Å². The fourth-order valence-electron chi connectivity index (χ4n) is 4.35. The largest absolute Gasteiger partial charge is 0.331 e. The highest BCUT2D eigenvalue weighted by molar-refractivity contribution is 7.20. The average Bonchev–Trinajstić information content (AvgIpc) is 3.28. The Morgan fingerprint density at radius 1 is 1.22 bits per heavy atom. The molecule has 27 heavy (non-hydrogen) atoms. The van der Waals surface area contributed by atoms with E-state index in [1.54, 1.807) is 12.1 Å². The fourth-order valence-corrected chi connectivity index (χ4v) is 5.48. The summed E-state index contributed by atoms with van der Waals surface area (Å²) >= 11 is 1.48.